The lowest BCUT2D eigenvalue weighted by Crippen LogP contribution is -2.25. The molecule has 0 radical (unpaired) electrons. The summed E-state index contributed by atoms with van der Waals surface area (Å²) >= 11 is 0. The van der Waals surface area contributed by atoms with Gasteiger partial charge in [-0.2, -0.15) is 5.10 Å². The molecule has 0 aliphatic heterocycles. The third kappa shape index (κ3) is 4.98. The minimum Gasteiger partial charge on any atom is -0.314 e. The van der Waals surface area contributed by atoms with Crippen LogP contribution < -0.4 is 5.32 Å². The first-order valence-corrected chi connectivity index (χ1v) is 7.71. The van der Waals surface area contributed by atoms with Crippen molar-refractivity contribution in [3.8, 4) is 0 Å². The van der Waals surface area contributed by atoms with Crippen LogP contribution in [0.3, 0.4) is 0 Å². The minimum atomic E-state index is 0.556. The summed E-state index contributed by atoms with van der Waals surface area (Å²) in [6.07, 6.45) is 3.62. The third-order valence-electron chi connectivity index (χ3n) is 3.73. The molecule has 0 fully saturated rings. The Labute approximate surface area is 118 Å². The number of hydrogen-bond acceptors (Lipinski definition) is 2. The molecule has 0 aromatic carbocycles. The van der Waals surface area contributed by atoms with Gasteiger partial charge in [-0.25, -0.2) is 0 Å². The number of rotatable bonds is 8. The highest BCUT2D eigenvalue weighted by Gasteiger charge is 2.13. The molecule has 3 heteroatoms. The van der Waals surface area contributed by atoms with Crippen LogP contribution in [0.1, 0.15) is 57.5 Å². The van der Waals surface area contributed by atoms with Gasteiger partial charge in [-0.05, 0) is 44.7 Å². The molecule has 1 unspecified atom stereocenters. The van der Waals surface area contributed by atoms with E-state index in [9.17, 15) is 0 Å². The molecule has 19 heavy (non-hydrogen) atoms. The van der Waals surface area contributed by atoms with Gasteiger partial charge in [-0.3, -0.25) is 4.68 Å². The molecule has 1 atom stereocenters. The van der Waals surface area contributed by atoms with Crippen LogP contribution in [0.25, 0.3) is 0 Å². The molecular formula is C16H31N3. The highest BCUT2D eigenvalue weighted by Crippen LogP contribution is 2.16. The first-order chi connectivity index (χ1) is 8.95. The highest BCUT2D eigenvalue weighted by molar-refractivity contribution is 5.24. The average molecular weight is 265 g/mol. The van der Waals surface area contributed by atoms with E-state index in [0.29, 0.717) is 12.0 Å². The predicted molar refractivity (Wildman–Crippen MR) is 82.6 cm³/mol. The summed E-state index contributed by atoms with van der Waals surface area (Å²) in [6, 6.07) is 0.556. The van der Waals surface area contributed by atoms with Gasteiger partial charge in [0.25, 0.3) is 0 Å². The largest absolute Gasteiger partial charge is 0.314 e. The lowest BCUT2D eigenvalue weighted by Gasteiger charge is -2.12. The normalized spacial score (nSPS) is 13.2. The summed E-state index contributed by atoms with van der Waals surface area (Å²) in [5, 5.41) is 8.20. The highest BCUT2D eigenvalue weighted by atomic mass is 15.3. The van der Waals surface area contributed by atoms with E-state index < -0.39 is 0 Å². The molecule has 1 N–H and O–H groups in total. The van der Waals surface area contributed by atoms with Crippen LogP contribution in [-0.4, -0.2) is 22.4 Å². The number of nitrogens with zero attached hydrogens (tertiary/aromatic N) is 2. The fourth-order valence-corrected chi connectivity index (χ4v) is 2.64. The van der Waals surface area contributed by atoms with Crippen molar-refractivity contribution in [3.05, 3.63) is 17.0 Å². The zero-order valence-electron chi connectivity index (χ0n) is 13.6. The topological polar surface area (TPSA) is 29.9 Å². The fraction of sp³-hybridized carbons (Fsp3) is 0.812. The van der Waals surface area contributed by atoms with Crippen LogP contribution in [0.2, 0.25) is 0 Å². The Hall–Kier alpha value is -0.830. The van der Waals surface area contributed by atoms with Gasteiger partial charge in [0.1, 0.15) is 0 Å². The summed E-state index contributed by atoms with van der Waals surface area (Å²) in [6.45, 7) is 15.4. The van der Waals surface area contributed by atoms with E-state index in [1.54, 1.807) is 0 Å². The quantitative estimate of drug-likeness (QED) is 0.780. The Bertz CT molecular complexity index is 380. The van der Waals surface area contributed by atoms with Gasteiger partial charge in [0.15, 0.2) is 0 Å². The maximum absolute atomic E-state index is 4.72. The second-order valence-corrected chi connectivity index (χ2v) is 6.08. The van der Waals surface area contributed by atoms with Gasteiger partial charge in [0.05, 0.1) is 5.69 Å². The van der Waals surface area contributed by atoms with Crippen molar-refractivity contribution in [2.45, 2.75) is 73.4 Å². The van der Waals surface area contributed by atoms with Crippen LogP contribution in [0.15, 0.2) is 0 Å². The molecule has 0 aliphatic rings. The number of nitrogens with one attached hydrogen (secondary N) is 1. The number of aryl methyl sites for hydroxylation is 1. The van der Waals surface area contributed by atoms with Gasteiger partial charge in [-0.1, -0.05) is 34.1 Å². The number of aromatic nitrogens is 2. The predicted octanol–water partition coefficient (Wildman–Crippen LogP) is 3.48. The van der Waals surface area contributed by atoms with E-state index in [1.807, 2.05) is 0 Å². The van der Waals surface area contributed by atoms with Gasteiger partial charge in [0.2, 0.25) is 0 Å². The SMILES string of the molecule is CCCC(C)Cn1nc(C)c(CCNC(C)C)c1C. The second kappa shape index (κ2) is 7.68. The van der Waals surface area contributed by atoms with Crippen LogP contribution in [0.4, 0.5) is 0 Å². The van der Waals surface area contributed by atoms with Crippen molar-refractivity contribution in [2.24, 2.45) is 5.92 Å². The molecule has 110 valence electrons. The second-order valence-electron chi connectivity index (χ2n) is 6.08. The zero-order valence-corrected chi connectivity index (χ0v) is 13.6. The molecule has 0 saturated heterocycles. The fourth-order valence-electron chi connectivity index (χ4n) is 2.64. The van der Waals surface area contributed by atoms with Gasteiger partial charge in [0, 0.05) is 18.3 Å². The van der Waals surface area contributed by atoms with Crippen LogP contribution in [0, 0.1) is 19.8 Å². The molecule has 0 amide bonds. The Morgan fingerprint density at radius 3 is 2.47 bits per heavy atom. The summed E-state index contributed by atoms with van der Waals surface area (Å²) in [5.74, 6) is 0.713. The monoisotopic (exact) mass is 265 g/mol. The molecule has 0 aliphatic carbocycles. The molecule has 0 saturated carbocycles. The van der Waals surface area contributed by atoms with E-state index >= 15 is 0 Å². The average Bonchev–Trinajstić information content (AvgIpc) is 2.56. The van der Waals surface area contributed by atoms with E-state index in [0.717, 1.165) is 19.5 Å². The van der Waals surface area contributed by atoms with Crippen molar-refractivity contribution < 1.29 is 0 Å². The van der Waals surface area contributed by atoms with Crippen molar-refractivity contribution in [1.29, 1.82) is 0 Å². The van der Waals surface area contributed by atoms with Gasteiger partial charge < -0.3 is 5.32 Å². The summed E-state index contributed by atoms with van der Waals surface area (Å²) in [7, 11) is 0. The molecule has 3 nitrogen and oxygen atoms in total. The maximum Gasteiger partial charge on any atom is 0.0628 e. The Balaban J connectivity index is 2.65. The van der Waals surface area contributed by atoms with Crippen molar-refractivity contribution in [2.75, 3.05) is 6.54 Å². The third-order valence-corrected chi connectivity index (χ3v) is 3.73. The standard InChI is InChI=1S/C16H31N3/c1-7-8-13(4)11-19-15(6)16(14(5)18-19)9-10-17-12(2)3/h12-13,17H,7-11H2,1-6H3. The summed E-state index contributed by atoms with van der Waals surface area (Å²) in [5.41, 5.74) is 3.98. The Morgan fingerprint density at radius 2 is 1.89 bits per heavy atom. The van der Waals surface area contributed by atoms with Crippen LogP contribution in [-0.2, 0) is 13.0 Å². The molecule has 0 spiro atoms. The molecule has 1 rings (SSSR count). The summed E-state index contributed by atoms with van der Waals surface area (Å²) in [4.78, 5) is 0. The first kappa shape index (κ1) is 16.2. The van der Waals surface area contributed by atoms with E-state index in [4.69, 9.17) is 5.10 Å². The smallest absolute Gasteiger partial charge is 0.0628 e. The van der Waals surface area contributed by atoms with Crippen molar-refractivity contribution in [3.63, 3.8) is 0 Å². The lowest BCUT2D eigenvalue weighted by atomic mass is 10.1. The summed E-state index contributed by atoms with van der Waals surface area (Å²) < 4.78 is 2.21. The number of hydrogen-bond donors (Lipinski definition) is 1. The Morgan fingerprint density at radius 1 is 1.21 bits per heavy atom. The maximum atomic E-state index is 4.72. The van der Waals surface area contributed by atoms with Crippen LogP contribution in [0.5, 0.6) is 0 Å². The van der Waals surface area contributed by atoms with Crippen molar-refractivity contribution >= 4 is 0 Å². The molecule has 0 bridgehead atoms. The molecular weight excluding hydrogens is 234 g/mol. The van der Waals surface area contributed by atoms with Crippen molar-refractivity contribution in [1.82, 2.24) is 15.1 Å². The minimum absolute atomic E-state index is 0.556. The lowest BCUT2D eigenvalue weighted by molar-refractivity contribution is 0.413. The van der Waals surface area contributed by atoms with E-state index in [-0.39, 0.29) is 0 Å². The molecule has 1 aromatic rings. The first-order valence-electron chi connectivity index (χ1n) is 7.71. The molecule has 1 heterocycles. The van der Waals surface area contributed by atoms with Gasteiger partial charge >= 0.3 is 0 Å². The molecule has 1 aromatic heterocycles. The van der Waals surface area contributed by atoms with E-state index in [2.05, 4.69) is 51.5 Å². The van der Waals surface area contributed by atoms with E-state index in [1.165, 1.54) is 29.8 Å². The zero-order chi connectivity index (χ0) is 14.4. The van der Waals surface area contributed by atoms with Gasteiger partial charge in [-0.15, -0.1) is 0 Å². The Kier molecular flexibility index (Phi) is 6.56. The van der Waals surface area contributed by atoms with Crippen LogP contribution >= 0.6 is 0 Å².